The van der Waals surface area contributed by atoms with Crippen LogP contribution in [0.15, 0.2) is 53.4 Å². The average Bonchev–Trinajstić information content (AvgIpc) is 2.91. The minimum atomic E-state index is 0.165. The predicted molar refractivity (Wildman–Crippen MR) is 89.2 cm³/mol. The predicted octanol–water partition coefficient (Wildman–Crippen LogP) is 3.84. The Labute approximate surface area is 130 Å². The summed E-state index contributed by atoms with van der Waals surface area (Å²) in [6, 6.07) is 17.0. The van der Waals surface area contributed by atoms with Crippen LogP contribution >= 0.6 is 11.8 Å². The first kappa shape index (κ1) is 14.5. The summed E-state index contributed by atoms with van der Waals surface area (Å²) in [5, 5.41) is 0. The van der Waals surface area contributed by atoms with Crippen molar-refractivity contribution >= 4 is 11.8 Å². The van der Waals surface area contributed by atoms with Gasteiger partial charge in [0.2, 0.25) is 0 Å². The lowest BCUT2D eigenvalue weighted by Gasteiger charge is -2.18. The van der Waals surface area contributed by atoms with Gasteiger partial charge in [-0.05, 0) is 42.0 Å². The number of fused-ring (bicyclic) bond motifs is 1. The zero-order valence-corrected chi connectivity index (χ0v) is 13.1. The lowest BCUT2D eigenvalue weighted by molar-refractivity contribution is 0.406. The molecular weight excluding hydrogens is 278 g/mol. The van der Waals surface area contributed by atoms with Crippen molar-refractivity contribution in [2.24, 2.45) is 5.73 Å². The molecule has 2 unspecified atom stereocenters. The van der Waals surface area contributed by atoms with Crippen LogP contribution in [-0.2, 0) is 6.42 Å². The zero-order valence-electron chi connectivity index (χ0n) is 12.3. The molecule has 1 aliphatic heterocycles. The van der Waals surface area contributed by atoms with Gasteiger partial charge in [0.1, 0.15) is 5.75 Å². The van der Waals surface area contributed by atoms with Crippen molar-refractivity contribution in [1.29, 1.82) is 0 Å². The van der Waals surface area contributed by atoms with E-state index in [4.69, 9.17) is 10.5 Å². The summed E-state index contributed by atoms with van der Waals surface area (Å²) >= 11 is 1.95. The van der Waals surface area contributed by atoms with E-state index in [0.717, 1.165) is 24.3 Å². The van der Waals surface area contributed by atoms with Crippen LogP contribution < -0.4 is 10.5 Å². The van der Waals surface area contributed by atoms with Crippen molar-refractivity contribution in [3.8, 4) is 5.75 Å². The molecule has 3 rings (SSSR count). The number of hydrogen-bond acceptors (Lipinski definition) is 3. The second kappa shape index (κ2) is 6.54. The van der Waals surface area contributed by atoms with Crippen LogP contribution in [0.3, 0.4) is 0 Å². The van der Waals surface area contributed by atoms with E-state index in [1.165, 1.54) is 16.0 Å². The molecule has 2 aromatic rings. The molecule has 1 aliphatic rings. The zero-order chi connectivity index (χ0) is 14.7. The normalized spacial score (nSPS) is 18.3. The highest BCUT2D eigenvalue weighted by Crippen LogP contribution is 2.41. The van der Waals surface area contributed by atoms with E-state index in [1.54, 1.807) is 7.11 Å². The Bertz CT molecular complexity index is 614. The van der Waals surface area contributed by atoms with Gasteiger partial charge >= 0.3 is 0 Å². The van der Waals surface area contributed by atoms with Gasteiger partial charge in [-0.3, -0.25) is 0 Å². The first-order valence-electron chi connectivity index (χ1n) is 7.37. The van der Waals surface area contributed by atoms with Crippen molar-refractivity contribution in [3.63, 3.8) is 0 Å². The molecule has 2 aromatic carbocycles. The fourth-order valence-corrected chi connectivity index (χ4v) is 4.30. The molecular formula is C18H21NOS. The Morgan fingerprint density at radius 3 is 2.81 bits per heavy atom. The first-order chi connectivity index (χ1) is 10.3. The van der Waals surface area contributed by atoms with Crippen LogP contribution in [0.4, 0.5) is 0 Å². The lowest BCUT2D eigenvalue weighted by Crippen LogP contribution is -2.25. The molecule has 0 aromatic heterocycles. The third-order valence-corrected chi connectivity index (χ3v) is 5.31. The van der Waals surface area contributed by atoms with Gasteiger partial charge in [0.25, 0.3) is 0 Å². The van der Waals surface area contributed by atoms with Gasteiger partial charge in [0, 0.05) is 16.7 Å². The van der Waals surface area contributed by atoms with Crippen molar-refractivity contribution in [2.75, 3.05) is 12.9 Å². The lowest BCUT2D eigenvalue weighted by atomic mass is 9.91. The fraction of sp³-hybridized carbons (Fsp3) is 0.333. The van der Waals surface area contributed by atoms with Gasteiger partial charge < -0.3 is 10.5 Å². The summed E-state index contributed by atoms with van der Waals surface area (Å²) in [5.74, 6) is 2.67. The van der Waals surface area contributed by atoms with Crippen molar-refractivity contribution in [2.45, 2.75) is 29.7 Å². The highest BCUT2D eigenvalue weighted by atomic mass is 32.2. The van der Waals surface area contributed by atoms with Gasteiger partial charge in [0.05, 0.1) is 7.11 Å². The monoisotopic (exact) mass is 299 g/mol. The van der Waals surface area contributed by atoms with E-state index in [2.05, 4.69) is 30.3 Å². The van der Waals surface area contributed by atoms with E-state index in [-0.39, 0.29) is 6.04 Å². The molecule has 0 bridgehead atoms. The molecule has 3 heteroatoms. The SMILES string of the molecule is COc1ccccc1CC(N)CC1CSc2ccccc21. The molecule has 110 valence electrons. The van der Waals surface area contributed by atoms with E-state index in [0.29, 0.717) is 5.92 Å². The van der Waals surface area contributed by atoms with Crippen LogP contribution in [0.25, 0.3) is 0 Å². The summed E-state index contributed by atoms with van der Waals surface area (Å²) in [6.45, 7) is 0. The Hall–Kier alpha value is -1.45. The van der Waals surface area contributed by atoms with E-state index in [9.17, 15) is 0 Å². The molecule has 2 N–H and O–H groups in total. The summed E-state index contributed by atoms with van der Waals surface area (Å²) in [4.78, 5) is 1.42. The summed E-state index contributed by atoms with van der Waals surface area (Å²) in [6.07, 6.45) is 1.90. The van der Waals surface area contributed by atoms with Crippen LogP contribution in [-0.4, -0.2) is 18.9 Å². The second-order valence-corrected chi connectivity index (χ2v) is 6.62. The minimum absolute atomic E-state index is 0.165. The topological polar surface area (TPSA) is 35.2 Å². The maximum Gasteiger partial charge on any atom is 0.122 e. The maximum atomic E-state index is 6.40. The van der Waals surface area contributed by atoms with Gasteiger partial charge in [0.15, 0.2) is 0 Å². The van der Waals surface area contributed by atoms with Crippen LogP contribution in [0.2, 0.25) is 0 Å². The molecule has 0 saturated carbocycles. The number of para-hydroxylation sites is 1. The van der Waals surface area contributed by atoms with Crippen LogP contribution in [0.1, 0.15) is 23.5 Å². The Morgan fingerprint density at radius 2 is 1.95 bits per heavy atom. The standard InChI is InChI=1S/C18H21NOS/c1-20-17-8-4-2-6-13(17)10-15(19)11-14-12-21-18-9-5-3-7-16(14)18/h2-9,14-15H,10-12,19H2,1H3. The molecule has 0 amide bonds. The van der Waals surface area contributed by atoms with Crippen molar-refractivity contribution in [1.82, 2.24) is 0 Å². The molecule has 1 heterocycles. The summed E-state index contributed by atoms with van der Waals surface area (Å²) in [5.41, 5.74) is 9.07. The molecule has 0 saturated heterocycles. The number of thioether (sulfide) groups is 1. The molecule has 2 nitrogen and oxygen atoms in total. The van der Waals surface area contributed by atoms with Gasteiger partial charge in [-0.1, -0.05) is 36.4 Å². The molecule has 0 spiro atoms. The number of methoxy groups -OCH3 is 1. The number of benzene rings is 2. The fourth-order valence-electron chi connectivity index (χ4n) is 3.03. The average molecular weight is 299 g/mol. The largest absolute Gasteiger partial charge is 0.496 e. The molecule has 2 atom stereocenters. The van der Waals surface area contributed by atoms with Crippen LogP contribution in [0, 0.1) is 0 Å². The number of hydrogen-bond donors (Lipinski definition) is 1. The van der Waals surface area contributed by atoms with E-state index >= 15 is 0 Å². The Balaban J connectivity index is 1.66. The van der Waals surface area contributed by atoms with E-state index < -0.39 is 0 Å². The van der Waals surface area contributed by atoms with Crippen molar-refractivity contribution < 1.29 is 4.74 Å². The smallest absolute Gasteiger partial charge is 0.122 e. The Morgan fingerprint density at radius 1 is 1.19 bits per heavy atom. The number of nitrogens with two attached hydrogens (primary N) is 1. The van der Waals surface area contributed by atoms with Crippen molar-refractivity contribution in [3.05, 3.63) is 59.7 Å². The molecule has 0 radical (unpaired) electrons. The highest BCUT2D eigenvalue weighted by molar-refractivity contribution is 7.99. The molecule has 0 fully saturated rings. The third-order valence-electron chi connectivity index (χ3n) is 4.06. The minimum Gasteiger partial charge on any atom is -0.496 e. The second-order valence-electron chi connectivity index (χ2n) is 5.56. The van der Waals surface area contributed by atoms with Crippen LogP contribution in [0.5, 0.6) is 5.75 Å². The number of ether oxygens (including phenoxy) is 1. The highest BCUT2D eigenvalue weighted by Gasteiger charge is 2.24. The quantitative estimate of drug-likeness (QED) is 0.911. The molecule has 21 heavy (non-hydrogen) atoms. The summed E-state index contributed by atoms with van der Waals surface area (Å²) < 4.78 is 5.41. The van der Waals surface area contributed by atoms with Gasteiger partial charge in [-0.15, -0.1) is 11.8 Å². The Kier molecular flexibility index (Phi) is 4.51. The first-order valence-corrected chi connectivity index (χ1v) is 8.35. The van der Waals surface area contributed by atoms with Gasteiger partial charge in [-0.25, -0.2) is 0 Å². The molecule has 0 aliphatic carbocycles. The third kappa shape index (κ3) is 3.25. The summed E-state index contributed by atoms with van der Waals surface area (Å²) in [7, 11) is 1.72. The number of rotatable bonds is 5. The van der Waals surface area contributed by atoms with E-state index in [1.807, 2.05) is 30.0 Å². The van der Waals surface area contributed by atoms with Gasteiger partial charge in [-0.2, -0.15) is 0 Å². The maximum absolute atomic E-state index is 6.40.